The summed E-state index contributed by atoms with van der Waals surface area (Å²) < 4.78 is 3.24. The number of hydrogen-bond acceptors (Lipinski definition) is 2. The molecule has 0 bridgehead atoms. The lowest BCUT2D eigenvalue weighted by Gasteiger charge is -2.07. The number of hydrogen-bond donors (Lipinski definition) is 1. The van der Waals surface area contributed by atoms with Gasteiger partial charge in [0.25, 0.3) is 0 Å². The van der Waals surface area contributed by atoms with Crippen molar-refractivity contribution in [2.75, 3.05) is 0 Å². The summed E-state index contributed by atoms with van der Waals surface area (Å²) in [5, 5.41) is 9.75. The lowest BCUT2D eigenvalue weighted by Crippen LogP contribution is -1.95. The molecule has 0 unspecified atom stereocenters. The third kappa shape index (κ3) is 2.06. The van der Waals surface area contributed by atoms with Gasteiger partial charge in [-0.25, -0.2) is 0 Å². The molecular formula is C14H7BrClN3S. The minimum absolute atomic E-state index is 0.503. The van der Waals surface area contributed by atoms with Gasteiger partial charge in [0.05, 0.1) is 27.3 Å². The van der Waals surface area contributed by atoms with Crippen LogP contribution in [0.4, 0.5) is 0 Å². The predicted molar refractivity (Wildman–Crippen MR) is 85.9 cm³/mol. The number of para-hydroxylation sites is 1. The Bertz CT molecular complexity index is 920. The number of benzene rings is 2. The molecule has 0 radical (unpaired) electrons. The third-order valence-corrected chi connectivity index (χ3v) is 4.09. The number of rotatable bonds is 1. The highest BCUT2D eigenvalue weighted by molar-refractivity contribution is 9.10. The maximum Gasteiger partial charge on any atom is 0.182 e. The highest BCUT2D eigenvalue weighted by Crippen LogP contribution is 2.29. The summed E-state index contributed by atoms with van der Waals surface area (Å²) in [4.78, 5) is 3.07. The van der Waals surface area contributed by atoms with Gasteiger partial charge in [0.15, 0.2) is 4.77 Å². The minimum Gasteiger partial charge on any atom is -0.329 e. The van der Waals surface area contributed by atoms with E-state index in [-0.39, 0.29) is 0 Å². The van der Waals surface area contributed by atoms with Crippen LogP contribution in [-0.4, -0.2) is 9.55 Å². The van der Waals surface area contributed by atoms with Gasteiger partial charge < -0.3 is 4.98 Å². The Hall–Kier alpha value is -1.61. The first kappa shape index (κ1) is 13.4. The van der Waals surface area contributed by atoms with E-state index in [0.717, 1.165) is 21.2 Å². The van der Waals surface area contributed by atoms with Gasteiger partial charge in [-0.3, -0.25) is 4.57 Å². The molecule has 0 amide bonds. The van der Waals surface area contributed by atoms with Crippen LogP contribution in [0, 0.1) is 16.1 Å². The Morgan fingerprint density at radius 3 is 2.85 bits per heavy atom. The Morgan fingerprint density at radius 1 is 1.30 bits per heavy atom. The van der Waals surface area contributed by atoms with E-state index in [2.05, 4.69) is 27.0 Å². The van der Waals surface area contributed by atoms with Crippen molar-refractivity contribution in [2.45, 2.75) is 0 Å². The molecule has 0 fully saturated rings. The summed E-state index contributed by atoms with van der Waals surface area (Å²) in [7, 11) is 0. The zero-order chi connectivity index (χ0) is 14.3. The SMILES string of the molecule is N#Cc1cccc2c1[nH]c(=S)n2-c1cc(Br)ccc1Cl. The molecule has 3 rings (SSSR count). The molecule has 6 heteroatoms. The average molecular weight is 365 g/mol. The van der Waals surface area contributed by atoms with E-state index < -0.39 is 0 Å². The molecule has 0 aliphatic carbocycles. The number of imidazole rings is 1. The number of aromatic nitrogens is 2. The molecule has 98 valence electrons. The van der Waals surface area contributed by atoms with Crippen LogP contribution in [0.1, 0.15) is 5.56 Å². The highest BCUT2D eigenvalue weighted by atomic mass is 79.9. The number of halogens is 2. The second kappa shape index (κ2) is 5.06. The fraction of sp³-hybridized carbons (Fsp3) is 0. The second-order valence-corrected chi connectivity index (χ2v) is 5.88. The first-order chi connectivity index (χ1) is 9.61. The maximum absolute atomic E-state index is 9.16. The van der Waals surface area contributed by atoms with Crippen LogP contribution in [0.15, 0.2) is 40.9 Å². The summed E-state index contributed by atoms with van der Waals surface area (Å²) in [6.07, 6.45) is 0. The van der Waals surface area contributed by atoms with Crippen LogP contribution < -0.4 is 0 Å². The first-order valence-electron chi connectivity index (χ1n) is 5.71. The monoisotopic (exact) mass is 363 g/mol. The first-order valence-corrected chi connectivity index (χ1v) is 7.29. The van der Waals surface area contributed by atoms with Gasteiger partial charge in [0.2, 0.25) is 0 Å². The molecule has 3 aromatic rings. The molecule has 3 nitrogen and oxygen atoms in total. The molecule has 1 heterocycles. The molecule has 0 saturated carbocycles. The van der Waals surface area contributed by atoms with E-state index in [0.29, 0.717) is 15.4 Å². The van der Waals surface area contributed by atoms with E-state index in [1.807, 2.05) is 28.8 Å². The maximum atomic E-state index is 9.16. The minimum atomic E-state index is 0.503. The quantitative estimate of drug-likeness (QED) is 0.619. The van der Waals surface area contributed by atoms with Crippen molar-refractivity contribution < 1.29 is 0 Å². The Kier molecular flexibility index (Phi) is 3.38. The van der Waals surface area contributed by atoms with Crippen molar-refractivity contribution >= 4 is 50.8 Å². The summed E-state index contributed by atoms with van der Waals surface area (Å²) in [6.45, 7) is 0. The Morgan fingerprint density at radius 2 is 2.10 bits per heavy atom. The molecule has 1 N–H and O–H groups in total. The van der Waals surface area contributed by atoms with Gasteiger partial charge in [-0.05, 0) is 42.5 Å². The summed E-state index contributed by atoms with van der Waals surface area (Å²) in [6, 6.07) is 13.2. The van der Waals surface area contributed by atoms with E-state index >= 15 is 0 Å². The number of nitriles is 1. The lowest BCUT2D eigenvalue weighted by molar-refractivity contribution is 1.06. The lowest BCUT2D eigenvalue weighted by atomic mass is 10.2. The average Bonchev–Trinajstić information content (AvgIpc) is 2.77. The van der Waals surface area contributed by atoms with Gasteiger partial charge in [-0.15, -0.1) is 0 Å². The number of aromatic amines is 1. The number of fused-ring (bicyclic) bond motifs is 1. The van der Waals surface area contributed by atoms with Gasteiger partial charge in [0, 0.05) is 4.47 Å². The molecule has 0 aliphatic rings. The van der Waals surface area contributed by atoms with Crippen LogP contribution in [0.3, 0.4) is 0 Å². The number of nitrogens with zero attached hydrogens (tertiary/aromatic N) is 2. The summed E-state index contributed by atoms with van der Waals surface area (Å²) >= 11 is 15.1. The fourth-order valence-corrected chi connectivity index (χ4v) is 2.97. The van der Waals surface area contributed by atoms with Crippen LogP contribution >= 0.6 is 39.7 Å². The van der Waals surface area contributed by atoms with Crippen molar-refractivity contribution in [1.82, 2.24) is 9.55 Å². The molecule has 0 spiro atoms. The topological polar surface area (TPSA) is 44.5 Å². The summed E-state index contributed by atoms with van der Waals surface area (Å²) in [5.41, 5.74) is 2.87. The normalized spacial score (nSPS) is 10.7. The van der Waals surface area contributed by atoms with Crippen molar-refractivity contribution in [3.63, 3.8) is 0 Å². The number of nitrogens with one attached hydrogen (secondary N) is 1. The van der Waals surface area contributed by atoms with Gasteiger partial charge in [-0.2, -0.15) is 5.26 Å². The van der Waals surface area contributed by atoms with Crippen molar-refractivity contribution in [3.8, 4) is 11.8 Å². The largest absolute Gasteiger partial charge is 0.329 e. The van der Waals surface area contributed by atoms with E-state index in [4.69, 9.17) is 29.1 Å². The predicted octanol–water partition coefficient (Wildman–Crippen LogP) is 4.98. The van der Waals surface area contributed by atoms with Crippen LogP contribution in [0.2, 0.25) is 5.02 Å². The molecule has 2 aromatic carbocycles. The van der Waals surface area contributed by atoms with E-state index in [9.17, 15) is 0 Å². The smallest absolute Gasteiger partial charge is 0.182 e. The van der Waals surface area contributed by atoms with Crippen LogP contribution in [0.5, 0.6) is 0 Å². The van der Waals surface area contributed by atoms with E-state index in [1.54, 1.807) is 12.1 Å². The van der Waals surface area contributed by atoms with Crippen molar-refractivity contribution in [3.05, 3.63) is 56.2 Å². The molecule has 0 atom stereocenters. The molecule has 0 aliphatic heterocycles. The number of H-pyrrole nitrogens is 1. The van der Waals surface area contributed by atoms with Crippen LogP contribution in [0.25, 0.3) is 16.7 Å². The van der Waals surface area contributed by atoms with Gasteiger partial charge >= 0.3 is 0 Å². The highest BCUT2D eigenvalue weighted by Gasteiger charge is 2.12. The Labute approximate surface area is 133 Å². The fourth-order valence-electron chi connectivity index (χ4n) is 2.12. The third-order valence-electron chi connectivity index (χ3n) is 2.99. The van der Waals surface area contributed by atoms with Gasteiger partial charge in [0.1, 0.15) is 6.07 Å². The van der Waals surface area contributed by atoms with E-state index in [1.165, 1.54) is 0 Å². The Balaban J connectivity index is 2.44. The standard InChI is InChI=1S/C14H7BrClN3S/c15-9-4-5-10(16)12(6-9)19-11-3-1-2-8(7-17)13(11)18-14(19)20/h1-6H,(H,18,20). The van der Waals surface area contributed by atoms with Crippen molar-refractivity contribution in [2.24, 2.45) is 0 Å². The molecule has 20 heavy (non-hydrogen) atoms. The van der Waals surface area contributed by atoms with Gasteiger partial charge in [-0.1, -0.05) is 33.6 Å². The zero-order valence-electron chi connectivity index (χ0n) is 10.0. The molecule has 0 saturated heterocycles. The summed E-state index contributed by atoms with van der Waals surface area (Å²) in [5.74, 6) is 0. The molecule has 1 aromatic heterocycles. The van der Waals surface area contributed by atoms with Crippen molar-refractivity contribution in [1.29, 1.82) is 5.26 Å². The van der Waals surface area contributed by atoms with Crippen LogP contribution in [-0.2, 0) is 0 Å². The second-order valence-electron chi connectivity index (χ2n) is 4.17. The zero-order valence-corrected chi connectivity index (χ0v) is 13.2. The molecular weight excluding hydrogens is 358 g/mol.